The zero-order valence-corrected chi connectivity index (χ0v) is 8.47. The van der Waals surface area contributed by atoms with E-state index in [4.69, 9.17) is 10.8 Å². The van der Waals surface area contributed by atoms with Crippen molar-refractivity contribution in [1.29, 1.82) is 0 Å². The van der Waals surface area contributed by atoms with Crippen molar-refractivity contribution in [2.24, 2.45) is 5.73 Å². The number of primary amides is 1. The van der Waals surface area contributed by atoms with Crippen LogP contribution in [0.1, 0.15) is 23.8 Å². The van der Waals surface area contributed by atoms with Gasteiger partial charge < -0.3 is 16.2 Å². The van der Waals surface area contributed by atoms with Crippen molar-refractivity contribution in [3.05, 3.63) is 17.8 Å². The molecular weight excluding hydrogens is 196 g/mol. The number of aromatic nitrogens is 2. The molecule has 15 heavy (non-hydrogen) atoms. The predicted molar refractivity (Wildman–Crippen MR) is 55.3 cm³/mol. The van der Waals surface area contributed by atoms with E-state index >= 15 is 0 Å². The second kappa shape index (κ2) is 5.26. The van der Waals surface area contributed by atoms with Gasteiger partial charge in [0.2, 0.25) is 0 Å². The molecule has 6 heteroatoms. The number of rotatable bonds is 5. The van der Waals surface area contributed by atoms with Crippen LogP contribution in [0, 0.1) is 0 Å². The van der Waals surface area contributed by atoms with Crippen LogP contribution in [0.15, 0.2) is 12.1 Å². The molecule has 1 amide bonds. The number of anilines is 1. The van der Waals surface area contributed by atoms with Gasteiger partial charge in [0.25, 0.3) is 5.91 Å². The van der Waals surface area contributed by atoms with Gasteiger partial charge in [-0.3, -0.25) is 4.79 Å². The number of aliphatic hydroxyl groups is 1. The molecule has 4 N–H and O–H groups in total. The van der Waals surface area contributed by atoms with Crippen LogP contribution in [0.2, 0.25) is 0 Å². The Kier molecular flexibility index (Phi) is 3.99. The van der Waals surface area contributed by atoms with Crippen molar-refractivity contribution < 1.29 is 9.90 Å². The fourth-order valence-corrected chi connectivity index (χ4v) is 1.06. The highest BCUT2D eigenvalue weighted by Gasteiger charge is 2.05. The third-order valence-corrected chi connectivity index (χ3v) is 1.87. The van der Waals surface area contributed by atoms with Crippen LogP contribution in [0.5, 0.6) is 0 Å². The SMILES string of the molecule is CC(CCO)Nc1ccc(C(N)=O)nn1. The zero-order valence-electron chi connectivity index (χ0n) is 8.47. The monoisotopic (exact) mass is 210 g/mol. The molecule has 0 aliphatic heterocycles. The third kappa shape index (κ3) is 3.51. The molecule has 0 radical (unpaired) electrons. The Bertz CT molecular complexity index is 325. The summed E-state index contributed by atoms with van der Waals surface area (Å²) >= 11 is 0. The molecule has 1 aromatic heterocycles. The summed E-state index contributed by atoms with van der Waals surface area (Å²) in [7, 11) is 0. The first-order valence-electron chi connectivity index (χ1n) is 4.64. The van der Waals surface area contributed by atoms with Gasteiger partial charge in [-0.15, -0.1) is 10.2 Å². The van der Waals surface area contributed by atoms with Crippen LogP contribution in [0.4, 0.5) is 5.82 Å². The first kappa shape index (κ1) is 11.4. The van der Waals surface area contributed by atoms with Crippen LogP contribution in [-0.2, 0) is 0 Å². The van der Waals surface area contributed by atoms with Gasteiger partial charge in [0.15, 0.2) is 5.69 Å². The van der Waals surface area contributed by atoms with Gasteiger partial charge in [-0.2, -0.15) is 0 Å². The Balaban J connectivity index is 2.60. The van der Waals surface area contributed by atoms with Gasteiger partial charge in [0, 0.05) is 12.6 Å². The minimum atomic E-state index is -0.600. The van der Waals surface area contributed by atoms with Crippen LogP contribution in [0.3, 0.4) is 0 Å². The van der Waals surface area contributed by atoms with Crippen LogP contribution in [0.25, 0.3) is 0 Å². The molecule has 1 aromatic rings. The van der Waals surface area contributed by atoms with E-state index in [1.54, 1.807) is 6.07 Å². The molecule has 1 unspecified atom stereocenters. The Morgan fingerprint density at radius 2 is 2.33 bits per heavy atom. The number of nitrogens with one attached hydrogen (secondary N) is 1. The molecule has 1 atom stereocenters. The van der Waals surface area contributed by atoms with Crippen LogP contribution >= 0.6 is 0 Å². The van der Waals surface area contributed by atoms with Crippen molar-refractivity contribution >= 4 is 11.7 Å². The van der Waals surface area contributed by atoms with Crippen LogP contribution in [-0.4, -0.2) is 33.9 Å². The third-order valence-electron chi connectivity index (χ3n) is 1.87. The summed E-state index contributed by atoms with van der Waals surface area (Å²) in [6.45, 7) is 2.03. The van der Waals surface area contributed by atoms with Gasteiger partial charge in [0.05, 0.1) is 0 Å². The molecule has 0 aromatic carbocycles. The van der Waals surface area contributed by atoms with Crippen LogP contribution < -0.4 is 11.1 Å². The lowest BCUT2D eigenvalue weighted by Gasteiger charge is -2.11. The van der Waals surface area contributed by atoms with E-state index in [-0.39, 0.29) is 18.3 Å². The molecule has 0 fully saturated rings. The minimum Gasteiger partial charge on any atom is -0.396 e. The molecule has 1 rings (SSSR count). The number of amides is 1. The van der Waals surface area contributed by atoms with Gasteiger partial charge >= 0.3 is 0 Å². The summed E-state index contributed by atoms with van der Waals surface area (Å²) in [5.41, 5.74) is 5.15. The Morgan fingerprint density at radius 3 is 2.80 bits per heavy atom. The number of nitrogens with two attached hydrogens (primary N) is 1. The van der Waals surface area contributed by atoms with Crippen molar-refractivity contribution in [3.63, 3.8) is 0 Å². The molecule has 0 bridgehead atoms. The van der Waals surface area contributed by atoms with E-state index < -0.39 is 5.91 Å². The number of hydrogen-bond donors (Lipinski definition) is 3. The molecule has 0 aliphatic rings. The fraction of sp³-hybridized carbons (Fsp3) is 0.444. The molecule has 0 saturated heterocycles. The summed E-state index contributed by atoms with van der Waals surface area (Å²) in [4.78, 5) is 10.7. The summed E-state index contributed by atoms with van der Waals surface area (Å²) in [6, 6.07) is 3.23. The first-order valence-corrected chi connectivity index (χ1v) is 4.64. The lowest BCUT2D eigenvalue weighted by molar-refractivity contribution is 0.0994. The second-order valence-electron chi connectivity index (χ2n) is 3.23. The maximum Gasteiger partial charge on any atom is 0.269 e. The van der Waals surface area contributed by atoms with E-state index in [1.165, 1.54) is 6.07 Å². The quantitative estimate of drug-likeness (QED) is 0.622. The molecule has 6 nitrogen and oxygen atoms in total. The number of carbonyl (C=O) groups excluding carboxylic acids is 1. The smallest absolute Gasteiger partial charge is 0.269 e. The standard InChI is InChI=1S/C9H14N4O2/c1-6(4-5-14)11-8-3-2-7(9(10)15)12-13-8/h2-3,6,14H,4-5H2,1H3,(H2,10,15)(H,11,13). The van der Waals surface area contributed by atoms with Crippen molar-refractivity contribution in [2.45, 2.75) is 19.4 Å². The maximum atomic E-state index is 10.7. The topological polar surface area (TPSA) is 101 Å². The zero-order chi connectivity index (χ0) is 11.3. The molecule has 82 valence electrons. The van der Waals surface area contributed by atoms with E-state index in [2.05, 4.69) is 15.5 Å². The van der Waals surface area contributed by atoms with E-state index in [0.717, 1.165) is 0 Å². The highest BCUT2D eigenvalue weighted by atomic mass is 16.3. The van der Waals surface area contributed by atoms with Crippen molar-refractivity contribution in [3.8, 4) is 0 Å². The highest BCUT2D eigenvalue weighted by Crippen LogP contribution is 2.05. The van der Waals surface area contributed by atoms with Gasteiger partial charge in [0.1, 0.15) is 5.82 Å². The number of hydrogen-bond acceptors (Lipinski definition) is 5. The van der Waals surface area contributed by atoms with Gasteiger partial charge in [-0.05, 0) is 25.5 Å². The molecule has 1 heterocycles. The Hall–Kier alpha value is -1.69. The lowest BCUT2D eigenvalue weighted by Crippen LogP contribution is -2.19. The molecule has 0 spiro atoms. The Morgan fingerprint density at radius 1 is 1.60 bits per heavy atom. The maximum absolute atomic E-state index is 10.7. The number of carbonyl (C=O) groups is 1. The fourth-order valence-electron chi connectivity index (χ4n) is 1.06. The Labute approximate surface area is 87.5 Å². The highest BCUT2D eigenvalue weighted by molar-refractivity contribution is 5.90. The van der Waals surface area contributed by atoms with E-state index in [1.807, 2.05) is 6.92 Å². The summed E-state index contributed by atoms with van der Waals surface area (Å²) in [6.07, 6.45) is 0.624. The van der Waals surface area contributed by atoms with E-state index in [0.29, 0.717) is 12.2 Å². The average Bonchev–Trinajstić information content (AvgIpc) is 2.18. The van der Waals surface area contributed by atoms with Crippen molar-refractivity contribution in [2.75, 3.05) is 11.9 Å². The normalized spacial score (nSPS) is 12.1. The average molecular weight is 210 g/mol. The molecule has 0 aliphatic carbocycles. The molecular formula is C9H14N4O2. The second-order valence-corrected chi connectivity index (χ2v) is 3.23. The predicted octanol–water partition coefficient (Wildman–Crippen LogP) is -0.242. The number of aliphatic hydroxyl groups excluding tert-OH is 1. The lowest BCUT2D eigenvalue weighted by atomic mass is 10.2. The van der Waals surface area contributed by atoms with Gasteiger partial charge in [-0.1, -0.05) is 0 Å². The molecule has 0 saturated carbocycles. The summed E-state index contributed by atoms with van der Waals surface area (Å²) < 4.78 is 0. The van der Waals surface area contributed by atoms with Crippen molar-refractivity contribution in [1.82, 2.24) is 10.2 Å². The first-order chi connectivity index (χ1) is 7.13. The number of nitrogens with zero attached hydrogens (tertiary/aromatic N) is 2. The summed E-state index contributed by atoms with van der Waals surface area (Å²) in [5, 5.41) is 19.1. The van der Waals surface area contributed by atoms with Gasteiger partial charge in [-0.25, -0.2) is 0 Å². The largest absolute Gasteiger partial charge is 0.396 e. The summed E-state index contributed by atoms with van der Waals surface area (Å²) in [5.74, 6) is -0.0431. The van der Waals surface area contributed by atoms with E-state index in [9.17, 15) is 4.79 Å². The minimum absolute atomic E-state index is 0.101.